The van der Waals surface area contributed by atoms with Crippen LogP contribution in [0, 0.1) is 5.92 Å². The number of benzene rings is 3. The van der Waals surface area contributed by atoms with E-state index < -0.39 is 0 Å². The molecule has 0 aliphatic heterocycles. The van der Waals surface area contributed by atoms with Crippen LogP contribution in [0.2, 0.25) is 0 Å². The first-order valence-corrected chi connectivity index (χ1v) is 12.6. The fourth-order valence-corrected chi connectivity index (χ4v) is 5.65. The SMILES string of the molecule is CC(C)(c1ccccc1)c1ccc2c(c1)oc1ccc(-c3cc(CC4CCCC4)ccn3)cc12. The monoisotopic (exact) mass is 445 g/mol. The van der Waals surface area contributed by atoms with Crippen molar-refractivity contribution in [2.45, 2.75) is 51.4 Å². The lowest BCUT2D eigenvalue weighted by Crippen LogP contribution is -2.18. The molecule has 0 saturated heterocycles. The molecule has 1 aliphatic rings. The number of fused-ring (bicyclic) bond motifs is 3. The van der Waals surface area contributed by atoms with Crippen LogP contribution in [-0.2, 0) is 11.8 Å². The number of hydrogen-bond donors (Lipinski definition) is 0. The molecular weight excluding hydrogens is 414 g/mol. The van der Waals surface area contributed by atoms with Crippen LogP contribution in [0.1, 0.15) is 56.2 Å². The van der Waals surface area contributed by atoms with E-state index in [-0.39, 0.29) is 5.41 Å². The average Bonchev–Trinajstić information content (AvgIpc) is 3.51. The summed E-state index contributed by atoms with van der Waals surface area (Å²) in [6.45, 7) is 4.54. The van der Waals surface area contributed by atoms with Gasteiger partial charge in [0, 0.05) is 27.9 Å². The summed E-state index contributed by atoms with van der Waals surface area (Å²) in [7, 11) is 0. The summed E-state index contributed by atoms with van der Waals surface area (Å²) in [4.78, 5) is 4.70. The minimum absolute atomic E-state index is 0.0940. The van der Waals surface area contributed by atoms with E-state index >= 15 is 0 Å². The Bertz CT molecular complexity index is 1450. The zero-order chi connectivity index (χ0) is 23.1. The van der Waals surface area contributed by atoms with Crippen molar-refractivity contribution >= 4 is 21.9 Å². The van der Waals surface area contributed by atoms with Crippen molar-refractivity contribution in [1.29, 1.82) is 0 Å². The molecule has 0 atom stereocenters. The van der Waals surface area contributed by atoms with Crippen LogP contribution in [0.15, 0.2) is 89.5 Å². The van der Waals surface area contributed by atoms with Crippen LogP contribution >= 0.6 is 0 Å². The van der Waals surface area contributed by atoms with Gasteiger partial charge >= 0.3 is 0 Å². The predicted octanol–water partition coefficient (Wildman–Crippen LogP) is 8.71. The summed E-state index contributed by atoms with van der Waals surface area (Å²) in [5.74, 6) is 0.838. The number of hydrogen-bond acceptors (Lipinski definition) is 2. The number of furan rings is 1. The van der Waals surface area contributed by atoms with E-state index in [4.69, 9.17) is 9.40 Å². The maximum Gasteiger partial charge on any atom is 0.135 e. The first kappa shape index (κ1) is 21.2. The summed E-state index contributed by atoms with van der Waals surface area (Å²) in [5, 5.41) is 2.31. The smallest absolute Gasteiger partial charge is 0.135 e. The fraction of sp³-hybridized carbons (Fsp3) is 0.281. The molecule has 6 rings (SSSR count). The summed E-state index contributed by atoms with van der Waals surface area (Å²) >= 11 is 0. The molecule has 2 heterocycles. The van der Waals surface area contributed by atoms with Crippen LogP contribution < -0.4 is 0 Å². The zero-order valence-electron chi connectivity index (χ0n) is 20.1. The number of pyridine rings is 1. The molecule has 3 aromatic carbocycles. The van der Waals surface area contributed by atoms with Gasteiger partial charge in [0.05, 0.1) is 5.69 Å². The molecule has 2 nitrogen and oxygen atoms in total. The van der Waals surface area contributed by atoms with Crippen molar-refractivity contribution in [3.05, 3.63) is 102 Å². The average molecular weight is 446 g/mol. The Hall–Kier alpha value is -3.39. The van der Waals surface area contributed by atoms with E-state index in [9.17, 15) is 0 Å². The van der Waals surface area contributed by atoms with Gasteiger partial charge in [-0.3, -0.25) is 4.98 Å². The highest BCUT2D eigenvalue weighted by Gasteiger charge is 2.24. The third-order valence-corrected chi connectivity index (χ3v) is 7.81. The highest BCUT2D eigenvalue weighted by atomic mass is 16.3. The molecule has 1 aliphatic carbocycles. The summed E-state index contributed by atoms with van der Waals surface area (Å²) in [6.07, 6.45) is 8.65. The summed E-state index contributed by atoms with van der Waals surface area (Å²) in [5.41, 5.74) is 7.94. The molecule has 0 unspecified atom stereocenters. The Kier molecular flexibility index (Phi) is 5.25. The van der Waals surface area contributed by atoms with E-state index in [1.165, 1.54) is 48.8 Å². The third-order valence-electron chi connectivity index (χ3n) is 7.81. The van der Waals surface area contributed by atoms with Gasteiger partial charge in [-0.15, -0.1) is 0 Å². The topological polar surface area (TPSA) is 26.0 Å². The van der Waals surface area contributed by atoms with Gasteiger partial charge in [0.15, 0.2) is 0 Å². The van der Waals surface area contributed by atoms with Crippen LogP contribution in [0.5, 0.6) is 0 Å². The normalized spacial score (nSPS) is 14.9. The minimum Gasteiger partial charge on any atom is -0.456 e. The molecule has 5 aromatic rings. The standard InChI is InChI=1S/C32H31NO/c1-32(2,25-10-4-3-5-11-25)26-13-14-27-28-20-24(12-15-30(28)34-31(27)21-26)29-19-23(16-17-33-29)18-22-8-6-7-9-22/h3-5,10-17,19-22H,6-9,18H2,1-2H3. The van der Waals surface area contributed by atoms with Gasteiger partial charge in [-0.1, -0.05) is 82.0 Å². The lowest BCUT2D eigenvalue weighted by atomic mass is 9.78. The Morgan fingerprint density at radius 2 is 1.62 bits per heavy atom. The molecule has 0 N–H and O–H groups in total. The Morgan fingerprint density at radius 1 is 0.794 bits per heavy atom. The highest BCUT2D eigenvalue weighted by molar-refractivity contribution is 6.06. The summed E-state index contributed by atoms with van der Waals surface area (Å²) < 4.78 is 6.31. The third kappa shape index (κ3) is 3.81. The summed E-state index contributed by atoms with van der Waals surface area (Å²) in [6, 6.07) is 28.3. The van der Waals surface area contributed by atoms with E-state index in [0.29, 0.717) is 0 Å². The van der Waals surface area contributed by atoms with E-state index in [0.717, 1.165) is 39.1 Å². The molecule has 0 spiro atoms. The van der Waals surface area contributed by atoms with Crippen molar-refractivity contribution in [3.63, 3.8) is 0 Å². The Morgan fingerprint density at radius 3 is 2.44 bits per heavy atom. The fourth-order valence-electron chi connectivity index (χ4n) is 5.65. The Balaban J connectivity index is 1.36. The van der Waals surface area contributed by atoms with Gasteiger partial charge in [0.25, 0.3) is 0 Å². The molecule has 0 radical (unpaired) electrons. The molecule has 2 heteroatoms. The minimum atomic E-state index is -0.0940. The molecule has 170 valence electrons. The maximum absolute atomic E-state index is 6.31. The van der Waals surface area contributed by atoms with Crippen LogP contribution in [0.25, 0.3) is 33.2 Å². The van der Waals surface area contributed by atoms with Crippen molar-refractivity contribution in [2.24, 2.45) is 5.92 Å². The van der Waals surface area contributed by atoms with Crippen molar-refractivity contribution in [3.8, 4) is 11.3 Å². The zero-order valence-corrected chi connectivity index (χ0v) is 20.1. The second-order valence-electron chi connectivity index (χ2n) is 10.4. The van der Waals surface area contributed by atoms with Gasteiger partial charge in [-0.2, -0.15) is 0 Å². The van der Waals surface area contributed by atoms with Gasteiger partial charge < -0.3 is 4.42 Å². The molecular formula is C32H31NO. The van der Waals surface area contributed by atoms with Crippen LogP contribution in [-0.4, -0.2) is 4.98 Å². The van der Waals surface area contributed by atoms with Gasteiger partial charge in [0.2, 0.25) is 0 Å². The number of rotatable bonds is 5. The first-order chi connectivity index (χ1) is 16.6. The highest BCUT2D eigenvalue weighted by Crippen LogP contribution is 2.37. The largest absolute Gasteiger partial charge is 0.456 e. The molecule has 34 heavy (non-hydrogen) atoms. The molecule has 2 aromatic heterocycles. The maximum atomic E-state index is 6.31. The predicted molar refractivity (Wildman–Crippen MR) is 141 cm³/mol. The van der Waals surface area contributed by atoms with Crippen LogP contribution in [0.4, 0.5) is 0 Å². The van der Waals surface area contributed by atoms with Crippen molar-refractivity contribution < 1.29 is 4.42 Å². The van der Waals surface area contributed by atoms with E-state index in [1.54, 1.807) is 0 Å². The van der Waals surface area contributed by atoms with Gasteiger partial charge in [0.1, 0.15) is 11.2 Å². The van der Waals surface area contributed by atoms with E-state index in [1.807, 2.05) is 6.20 Å². The van der Waals surface area contributed by atoms with Gasteiger partial charge in [-0.25, -0.2) is 0 Å². The van der Waals surface area contributed by atoms with E-state index in [2.05, 4.69) is 92.7 Å². The molecule has 1 fully saturated rings. The van der Waals surface area contributed by atoms with Crippen molar-refractivity contribution in [2.75, 3.05) is 0 Å². The molecule has 1 saturated carbocycles. The first-order valence-electron chi connectivity index (χ1n) is 12.6. The lowest BCUT2D eigenvalue weighted by molar-refractivity contribution is 0.546. The molecule has 0 amide bonds. The number of aromatic nitrogens is 1. The Labute approximate surface area is 201 Å². The quantitative estimate of drug-likeness (QED) is 0.270. The number of nitrogens with zero attached hydrogens (tertiary/aromatic N) is 1. The lowest BCUT2D eigenvalue weighted by Gasteiger charge is -2.26. The second kappa shape index (κ2) is 8.43. The van der Waals surface area contributed by atoms with Gasteiger partial charge in [-0.05, 0) is 65.4 Å². The molecule has 0 bridgehead atoms. The van der Waals surface area contributed by atoms with Crippen LogP contribution in [0.3, 0.4) is 0 Å². The van der Waals surface area contributed by atoms with Crippen molar-refractivity contribution in [1.82, 2.24) is 4.98 Å². The second-order valence-corrected chi connectivity index (χ2v) is 10.4.